The zero-order chi connectivity index (χ0) is 10.7. The van der Waals surface area contributed by atoms with Gasteiger partial charge in [0.05, 0.1) is 18.9 Å². The fourth-order valence-corrected chi connectivity index (χ4v) is 2.63. The molecule has 1 N–H and O–H groups in total. The summed E-state index contributed by atoms with van der Waals surface area (Å²) in [4.78, 5) is 9.24. The van der Waals surface area contributed by atoms with E-state index in [1.807, 2.05) is 11.4 Å². The van der Waals surface area contributed by atoms with Crippen molar-refractivity contribution >= 4 is 44.7 Å². The molecule has 0 aromatic carbocycles. The predicted molar refractivity (Wildman–Crippen MR) is 66.4 cm³/mol. The number of aromatic nitrogens is 2. The number of hydrogen-bond acceptors (Lipinski definition) is 4. The van der Waals surface area contributed by atoms with Crippen molar-refractivity contribution in [2.45, 2.75) is 6.54 Å². The molecule has 2 rings (SSSR count). The highest BCUT2D eigenvalue weighted by atomic mass is 79.9. The Bertz CT molecular complexity index is 460. The summed E-state index contributed by atoms with van der Waals surface area (Å²) >= 11 is 10.9. The molecule has 0 aliphatic carbocycles. The Morgan fingerprint density at radius 3 is 3.00 bits per heavy atom. The first-order valence-electron chi connectivity index (χ1n) is 4.19. The summed E-state index contributed by atoms with van der Waals surface area (Å²) < 4.78 is 1.11. The molecule has 0 fully saturated rings. The van der Waals surface area contributed by atoms with E-state index >= 15 is 0 Å². The van der Waals surface area contributed by atoms with E-state index in [0.29, 0.717) is 17.5 Å². The second kappa shape index (κ2) is 4.92. The third kappa shape index (κ3) is 2.90. The van der Waals surface area contributed by atoms with Crippen molar-refractivity contribution in [3.05, 3.63) is 38.3 Å². The summed E-state index contributed by atoms with van der Waals surface area (Å²) in [6, 6.07) is 2.02. The van der Waals surface area contributed by atoms with Gasteiger partial charge in [-0.2, -0.15) is 0 Å². The Morgan fingerprint density at radius 1 is 1.47 bits per heavy atom. The van der Waals surface area contributed by atoms with Gasteiger partial charge >= 0.3 is 0 Å². The highest BCUT2D eigenvalue weighted by Gasteiger charge is 2.01. The molecule has 2 aromatic rings. The SMILES string of the molecule is Clc1cncc(NCc2sccc2Br)n1. The van der Waals surface area contributed by atoms with Crippen LogP contribution < -0.4 is 5.32 Å². The van der Waals surface area contributed by atoms with Gasteiger partial charge in [-0.05, 0) is 27.4 Å². The van der Waals surface area contributed by atoms with Crippen molar-refractivity contribution in [2.75, 3.05) is 5.32 Å². The quantitative estimate of drug-likeness (QED) is 0.942. The lowest BCUT2D eigenvalue weighted by Crippen LogP contribution is -2.00. The van der Waals surface area contributed by atoms with Gasteiger partial charge in [0.1, 0.15) is 11.0 Å². The van der Waals surface area contributed by atoms with Crippen molar-refractivity contribution in [3.63, 3.8) is 0 Å². The molecule has 0 amide bonds. The molecule has 2 aromatic heterocycles. The average Bonchev–Trinajstić information content (AvgIpc) is 2.61. The second-order valence-electron chi connectivity index (χ2n) is 2.77. The fraction of sp³-hybridized carbons (Fsp3) is 0.111. The van der Waals surface area contributed by atoms with E-state index in [1.165, 1.54) is 11.1 Å². The summed E-state index contributed by atoms with van der Waals surface area (Å²) in [5.41, 5.74) is 0. The van der Waals surface area contributed by atoms with E-state index in [1.54, 1.807) is 17.5 Å². The highest BCUT2D eigenvalue weighted by molar-refractivity contribution is 9.10. The summed E-state index contributed by atoms with van der Waals surface area (Å²) in [6.45, 7) is 0.716. The second-order valence-corrected chi connectivity index (χ2v) is 5.01. The van der Waals surface area contributed by atoms with Crippen molar-refractivity contribution < 1.29 is 0 Å². The van der Waals surface area contributed by atoms with Crippen LogP contribution in [0.1, 0.15) is 4.88 Å². The number of rotatable bonds is 3. The van der Waals surface area contributed by atoms with Crippen LogP contribution in [-0.4, -0.2) is 9.97 Å². The molecule has 0 aliphatic heterocycles. The minimum atomic E-state index is 0.394. The lowest BCUT2D eigenvalue weighted by Gasteiger charge is -2.03. The van der Waals surface area contributed by atoms with Crippen LogP contribution in [0.2, 0.25) is 5.15 Å². The van der Waals surface area contributed by atoms with Gasteiger partial charge in [-0.15, -0.1) is 11.3 Å². The number of anilines is 1. The lowest BCUT2D eigenvalue weighted by molar-refractivity contribution is 1.10. The van der Waals surface area contributed by atoms with Gasteiger partial charge in [-0.3, -0.25) is 4.98 Å². The van der Waals surface area contributed by atoms with Crippen LogP contribution in [0.3, 0.4) is 0 Å². The molecular weight excluding hydrogens is 298 g/mol. The molecule has 2 heterocycles. The van der Waals surface area contributed by atoms with Crippen molar-refractivity contribution in [2.24, 2.45) is 0 Å². The summed E-state index contributed by atoms with van der Waals surface area (Å²) in [7, 11) is 0. The molecule has 0 aliphatic rings. The van der Waals surface area contributed by atoms with Gasteiger partial charge < -0.3 is 5.32 Å². The topological polar surface area (TPSA) is 37.8 Å². The Hall–Kier alpha value is -0.650. The normalized spacial score (nSPS) is 10.3. The molecule has 3 nitrogen and oxygen atoms in total. The maximum absolute atomic E-state index is 5.72. The summed E-state index contributed by atoms with van der Waals surface area (Å²) in [5.74, 6) is 0.683. The van der Waals surface area contributed by atoms with Crippen molar-refractivity contribution in [3.8, 4) is 0 Å². The van der Waals surface area contributed by atoms with E-state index in [9.17, 15) is 0 Å². The molecule has 0 atom stereocenters. The molecule has 0 saturated heterocycles. The zero-order valence-electron chi connectivity index (χ0n) is 7.58. The minimum Gasteiger partial charge on any atom is -0.364 e. The van der Waals surface area contributed by atoms with Crippen molar-refractivity contribution in [1.29, 1.82) is 0 Å². The molecule has 0 spiro atoms. The van der Waals surface area contributed by atoms with Gasteiger partial charge in [-0.25, -0.2) is 4.98 Å². The smallest absolute Gasteiger partial charge is 0.149 e. The number of halogens is 2. The van der Waals surface area contributed by atoms with E-state index in [0.717, 1.165) is 4.47 Å². The zero-order valence-corrected chi connectivity index (χ0v) is 10.7. The lowest BCUT2D eigenvalue weighted by atomic mass is 10.4. The maximum atomic E-state index is 5.72. The van der Waals surface area contributed by atoms with Crippen LogP contribution in [0.15, 0.2) is 28.3 Å². The Kier molecular flexibility index (Phi) is 3.56. The number of thiophene rings is 1. The monoisotopic (exact) mass is 303 g/mol. The molecule has 6 heteroatoms. The first kappa shape index (κ1) is 10.9. The molecular formula is C9H7BrClN3S. The van der Waals surface area contributed by atoms with E-state index in [4.69, 9.17) is 11.6 Å². The van der Waals surface area contributed by atoms with E-state index in [-0.39, 0.29) is 0 Å². The summed E-state index contributed by atoms with van der Waals surface area (Å²) in [6.07, 6.45) is 3.15. The van der Waals surface area contributed by atoms with Gasteiger partial charge in [0, 0.05) is 9.35 Å². The average molecular weight is 305 g/mol. The van der Waals surface area contributed by atoms with Gasteiger partial charge in [0.15, 0.2) is 0 Å². The van der Waals surface area contributed by atoms with Gasteiger partial charge in [0.2, 0.25) is 0 Å². The largest absolute Gasteiger partial charge is 0.364 e. The van der Waals surface area contributed by atoms with Crippen LogP contribution in [-0.2, 0) is 6.54 Å². The Balaban J connectivity index is 2.02. The number of hydrogen-bond donors (Lipinski definition) is 1. The first-order chi connectivity index (χ1) is 7.25. The van der Waals surface area contributed by atoms with Gasteiger partial charge in [-0.1, -0.05) is 11.6 Å². The van der Waals surface area contributed by atoms with E-state index < -0.39 is 0 Å². The van der Waals surface area contributed by atoms with Crippen LogP contribution in [0, 0.1) is 0 Å². The molecule has 78 valence electrons. The fourth-order valence-electron chi connectivity index (χ4n) is 1.05. The van der Waals surface area contributed by atoms with E-state index in [2.05, 4.69) is 31.2 Å². The molecule has 0 bridgehead atoms. The van der Waals surface area contributed by atoms with Gasteiger partial charge in [0.25, 0.3) is 0 Å². The third-order valence-corrected chi connectivity index (χ3v) is 3.83. The van der Waals surface area contributed by atoms with Crippen molar-refractivity contribution in [1.82, 2.24) is 9.97 Å². The third-order valence-electron chi connectivity index (χ3n) is 1.73. The number of nitrogens with zero attached hydrogens (tertiary/aromatic N) is 2. The number of nitrogens with one attached hydrogen (secondary N) is 1. The first-order valence-corrected chi connectivity index (χ1v) is 6.24. The standard InChI is InChI=1S/C9H7BrClN3S/c10-6-1-2-15-7(6)3-13-9-5-12-4-8(11)14-9/h1-2,4-5H,3H2,(H,13,14). The molecule has 0 radical (unpaired) electrons. The Morgan fingerprint density at radius 2 is 2.33 bits per heavy atom. The molecule has 15 heavy (non-hydrogen) atoms. The maximum Gasteiger partial charge on any atom is 0.149 e. The highest BCUT2D eigenvalue weighted by Crippen LogP contribution is 2.23. The van der Waals surface area contributed by atoms with Crippen LogP contribution in [0.4, 0.5) is 5.82 Å². The van der Waals surface area contributed by atoms with Crippen LogP contribution >= 0.6 is 38.9 Å². The molecule has 0 unspecified atom stereocenters. The minimum absolute atomic E-state index is 0.394. The molecule has 0 saturated carbocycles. The Labute approximate surface area is 105 Å². The van der Waals surface area contributed by atoms with Crippen LogP contribution in [0.25, 0.3) is 0 Å². The van der Waals surface area contributed by atoms with Crippen LogP contribution in [0.5, 0.6) is 0 Å². The predicted octanol–water partition coefficient (Wildman–Crippen LogP) is 3.57. The summed E-state index contributed by atoms with van der Waals surface area (Å²) in [5, 5.41) is 5.58.